The summed E-state index contributed by atoms with van der Waals surface area (Å²) >= 11 is 1.23. The summed E-state index contributed by atoms with van der Waals surface area (Å²) in [5.41, 5.74) is 1.93. The lowest BCUT2D eigenvalue weighted by molar-refractivity contribution is 0.0527. The molecular formula is C13H18N4O3S. The third-order valence-electron chi connectivity index (χ3n) is 2.76. The second-order valence-corrected chi connectivity index (χ2v) is 5.08. The molecule has 0 saturated carbocycles. The Morgan fingerprint density at radius 3 is 3.05 bits per heavy atom. The van der Waals surface area contributed by atoms with Gasteiger partial charge in [0.2, 0.25) is 0 Å². The number of ether oxygens (including phenoxy) is 2. The lowest BCUT2D eigenvalue weighted by atomic mass is 10.2. The molecule has 0 aliphatic carbocycles. The molecule has 0 saturated heterocycles. The highest BCUT2D eigenvalue weighted by Gasteiger charge is 2.20. The van der Waals surface area contributed by atoms with Gasteiger partial charge in [0, 0.05) is 13.3 Å². The van der Waals surface area contributed by atoms with Crippen LogP contribution in [0.4, 0.5) is 10.7 Å². The predicted molar refractivity (Wildman–Crippen MR) is 80.2 cm³/mol. The molecule has 114 valence electrons. The van der Waals surface area contributed by atoms with Crippen LogP contribution in [-0.4, -0.2) is 40.4 Å². The van der Waals surface area contributed by atoms with Crippen LogP contribution in [0.3, 0.4) is 0 Å². The number of anilines is 2. The van der Waals surface area contributed by atoms with E-state index in [0.29, 0.717) is 36.0 Å². The molecule has 0 radical (unpaired) electrons. The number of carbonyl (C=O) groups excluding carboxylic acids is 1. The van der Waals surface area contributed by atoms with E-state index >= 15 is 0 Å². The lowest BCUT2D eigenvalue weighted by Gasteiger charge is -2.05. The predicted octanol–water partition coefficient (Wildman–Crippen LogP) is 2.21. The van der Waals surface area contributed by atoms with Gasteiger partial charge in [-0.1, -0.05) is 0 Å². The normalized spacial score (nSPS) is 10.6. The maximum atomic E-state index is 12.0. The molecule has 0 fully saturated rings. The molecular weight excluding hydrogens is 292 g/mol. The van der Waals surface area contributed by atoms with Gasteiger partial charge in [0.1, 0.15) is 10.6 Å². The summed E-state index contributed by atoms with van der Waals surface area (Å²) in [7, 11) is 1.65. The molecule has 2 aromatic heterocycles. The van der Waals surface area contributed by atoms with E-state index in [-0.39, 0.29) is 5.97 Å². The van der Waals surface area contributed by atoms with Crippen molar-refractivity contribution in [3.63, 3.8) is 0 Å². The van der Waals surface area contributed by atoms with Crippen LogP contribution >= 0.6 is 11.5 Å². The first-order chi connectivity index (χ1) is 10.2. The Hall–Kier alpha value is -1.93. The zero-order valence-electron chi connectivity index (χ0n) is 12.3. The summed E-state index contributed by atoms with van der Waals surface area (Å²) < 4.78 is 16.0. The minimum Gasteiger partial charge on any atom is -0.462 e. The van der Waals surface area contributed by atoms with Crippen LogP contribution < -0.4 is 5.32 Å². The number of nitrogens with one attached hydrogen (secondary N) is 1. The van der Waals surface area contributed by atoms with E-state index in [1.807, 2.05) is 6.20 Å². The second-order valence-electron chi connectivity index (χ2n) is 4.30. The minimum absolute atomic E-state index is 0.336. The van der Waals surface area contributed by atoms with Crippen molar-refractivity contribution >= 4 is 28.2 Å². The topological polar surface area (TPSA) is 78.3 Å². The first kappa shape index (κ1) is 15.5. The van der Waals surface area contributed by atoms with Crippen molar-refractivity contribution in [1.82, 2.24) is 14.2 Å². The van der Waals surface area contributed by atoms with Gasteiger partial charge in [-0.2, -0.15) is 9.47 Å². The standard InChI is InChI=1S/C13H18N4O3S/c1-4-20-13(18)11-9(2)16-21-12(11)15-10-7-14-17(8-10)5-6-19-3/h7-8,15H,4-6H2,1-3H3. The zero-order chi connectivity index (χ0) is 15.2. The van der Waals surface area contributed by atoms with E-state index in [4.69, 9.17) is 9.47 Å². The van der Waals surface area contributed by atoms with Crippen molar-refractivity contribution in [3.05, 3.63) is 23.7 Å². The number of aryl methyl sites for hydroxylation is 1. The number of rotatable bonds is 7. The largest absolute Gasteiger partial charge is 0.462 e. The average molecular weight is 310 g/mol. The molecule has 0 bridgehead atoms. The first-order valence-corrected chi connectivity index (χ1v) is 7.34. The Bertz CT molecular complexity index is 608. The van der Waals surface area contributed by atoms with Gasteiger partial charge in [-0.05, 0) is 25.4 Å². The van der Waals surface area contributed by atoms with Crippen molar-refractivity contribution in [2.24, 2.45) is 0 Å². The molecule has 2 rings (SSSR count). The second kappa shape index (κ2) is 7.19. The molecule has 8 heteroatoms. The summed E-state index contributed by atoms with van der Waals surface area (Å²) in [6.45, 7) is 5.16. The monoisotopic (exact) mass is 310 g/mol. The molecule has 0 spiro atoms. The Kier molecular flexibility index (Phi) is 5.29. The highest BCUT2D eigenvalue weighted by molar-refractivity contribution is 7.10. The quantitative estimate of drug-likeness (QED) is 0.790. The summed E-state index contributed by atoms with van der Waals surface area (Å²) in [5, 5.41) is 8.03. The van der Waals surface area contributed by atoms with E-state index in [0.717, 1.165) is 5.69 Å². The molecule has 0 unspecified atom stereocenters. The van der Waals surface area contributed by atoms with Gasteiger partial charge in [-0.3, -0.25) is 4.68 Å². The van der Waals surface area contributed by atoms with E-state index in [9.17, 15) is 4.79 Å². The van der Waals surface area contributed by atoms with Crippen molar-refractivity contribution < 1.29 is 14.3 Å². The van der Waals surface area contributed by atoms with Gasteiger partial charge in [0.05, 0.1) is 37.3 Å². The van der Waals surface area contributed by atoms with E-state index in [1.165, 1.54) is 11.5 Å². The summed E-state index contributed by atoms with van der Waals surface area (Å²) in [5.74, 6) is -0.363. The van der Waals surface area contributed by atoms with Gasteiger partial charge in [0.25, 0.3) is 0 Å². The lowest BCUT2D eigenvalue weighted by Crippen LogP contribution is -2.07. The molecule has 2 aromatic rings. The maximum absolute atomic E-state index is 12.0. The third kappa shape index (κ3) is 3.79. The SMILES string of the molecule is CCOC(=O)c1c(C)nsc1Nc1cnn(CCOC)c1. The van der Waals surface area contributed by atoms with Crippen molar-refractivity contribution in [1.29, 1.82) is 0 Å². The molecule has 0 aromatic carbocycles. The van der Waals surface area contributed by atoms with Crippen LogP contribution in [0.1, 0.15) is 23.0 Å². The summed E-state index contributed by atoms with van der Waals surface area (Å²) in [6.07, 6.45) is 3.54. The zero-order valence-corrected chi connectivity index (χ0v) is 13.1. The van der Waals surface area contributed by atoms with Crippen LogP contribution in [0.2, 0.25) is 0 Å². The Morgan fingerprint density at radius 2 is 2.33 bits per heavy atom. The van der Waals surface area contributed by atoms with Crippen molar-refractivity contribution in [2.45, 2.75) is 20.4 Å². The highest BCUT2D eigenvalue weighted by atomic mass is 32.1. The number of hydrogen-bond acceptors (Lipinski definition) is 7. The van der Waals surface area contributed by atoms with Crippen LogP contribution in [0, 0.1) is 6.92 Å². The van der Waals surface area contributed by atoms with Gasteiger partial charge in [0.15, 0.2) is 0 Å². The first-order valence-electron chi connectivity index (χ1n) is 6.57. The fourth-order valence-corrected chi connectivity index (χ4v) is 2.57. The fraction of sp³-hybridized carbons (Fsp3) is 0.462. The molecule has 2 heterocycles. The maximum Gasteiger partial charge on any atom is 0.343 e. The minimum atomic E-state index is -0.363. The number of hydrogen-bond donors (Lipinski definition) is 1. The van der Waals surface area contributed by atoms with Gasteiger partial charge in [-0.15, -0.1) is 0 Å². The van der Waals surface area contributed by atoms with Crippen LogP contribution in [0.5, 0.6) is 0 Å². The molecule has 0 aliphatic rings. The molecule has 21 heavy (non-hydrogen) atoms. The van der Waals surface area contributed by atoms with E-state index in [1.54, 1.807) is 31.8 Å². The average Bonchev–Trinajstić information content (AvgIpc) is 3.04. The van der Waals surface area contributed by atoms with E-state index in [2.05, 4.69) is 14.8 Å². The highest BCUT2D eigenvalue weighted by Crippen LogP contribution is 2.28. The molecule has 0 amide bonds. The number of esters is 1. The number of nitrogens with zero attached hydrogens (tertiary/aromatic N) is 3. The molecule has 7 nitrogen and oxygen atoms in total. The molecule has 0 atom stereocenters. The Morgan fingerprint density at radius 1 is 1.52 bits per heavy atom. The summed E-state index contributed by atoms with van der Waals surface area (Å²) in [6, 6.07) is 0. The Balaban J connectivity index is 2.12. The van der Waals surface area contributed by atoms with Crippen LogP contribution in [0.25, 0.3) is 0 Å². The molecule has 0 aliphatic heterocycles. The smallest absolute Gasteiger partial charge is 0.343 e. The van der Waals surface area contributed by atoms with Crippen molar-refractivity contribution in [3.8, 4) is 0 Å². The third-order valence-corrected chi connectivity index (χ3v) is 3.61. The van der Waals surface area contributed by atoms with E-state index < -0.39 is 0 Å². The van der Waals surface area contributed by atoms with Crippen LogP contribution in [0.15, 0.2) is 12.4 Å². The summed E-state index contributed by atoms with van der Waals surface area (Å²) in [4.78, 5) is 12.0. The van der Waals surface area contributed by atoms with Gasteiger partial charge >= 0.3 is 5.97 Å². The van der Waals surface area contributed by atoms with Gasteiger partial charge < -0.3 is 14.8 Å². The number of methoxy groups -OCH3 is 1. The van der Waals surface area contributed by atoms with Gasteiger partial charge in [-0.25, -0.2) is 4.79 Å². The fourth-order valence-electron chi connectivity index (χ4n) is 1.77. The molecule has 1 N–H and O–H groups in total. The Labute approximate surface area is 127 Å². The van der Waals surface area contributed by atoms with Crippen molar-refractivity contribution in [2.75, 3.05) is 25.6 Å². The van der Waals surface area contributed by atoms with Crippen LogP contribution in [-0.2, 0) is 16.0 Å². The number of carbonyl (C=O) groups is 1. The number of aromatic nitrogens is 3.